The van der Waals surface area contributed by atoms with Gasteiger partial charge in [0.1, 0.15) is 6.10 Å². The van der Waals surface area contributed by atoms with Gasteiger partial charge in [-0.15, -0.1) is 11.6 Å². The van der Waals surface area contributed by atoms with E-state index in [0.29, 0.717) is 11.2 Å². The van der Waals surface area contributed by atoms with E-state index in [1.807, 2.05) is 6.92 Å². The molecule has 6 atom stereocenters. The molecule has 0 aromatic heterocycles. The molecule has 0 unspecified atom stereocenters. The summed E-state index contributed by atoms with van der Waals surface area (Å²) in [6.45, 7) is 9.86. The average molecular weight is 475 g/mol. The van der Waals surface area contributed by atoms with Gasteiger partial charge in [0.25, 0.3) is 0 Å². The van der Waals surface area contributed by atoms with Crippen LogP contribution in [0.1, 0.15) is 60.3 Å². The van der Waals surface area contributed by atoms with Crippen LogP contribution in [0, 0.1) is 5.92 Å². The summed E-state index contributed by atoms with van der Waals surface area (Å²) in [5.74, 6) is -0.126. The molecule has 1 saturated heterocycles. The van der Waals surface area contributed by atoms with Crippen LogP contribution >= 0.6 is 43.5 Å². The first-order valence-corrected chi connectivity index (χ1v) is 10.4. The second-order valence-electron chi connectivity index (χ2n) is 7.96. The third-order valence-electron chi connectivity index (χ3n) is 5.41. The molecular formula is C17H27Br2ClO3. The number of hydrogen-bond donors (Lipinski definition) is 0. The minimum Gasteiger partial charge on any atom is -0.462 e. The maximum absolute atomic E-state index is 11.6. The summed E-state index contributed by atoms with van der Waals surface area (Å²) in [6.07, 6.45) is 3.23. The van der Waals surface area contributed by atoms with Crippen molar-refractivity contribution in [3.8, 4) is 0 Å². The number of carbonyl (C=O) groups excluding carboxylic acids is 1. The summed E-state index contributed by atoms with van der Waals surface area (Å²) in [7, 11) is 0. The van der Waals surface area contributed by atoms with Gasteiger partial charge in [0.2, 0.25) is 0 Å². The van der Waals surface area contributed by atoms with Crippen molar-refractivity contribution in [2.24, 2.45) is 5.92 Å². The van der Waals surface area contributed by atoms with Crippen molar-refractivity contribution in [3.05, 3.63) is 0 Å². The zero-order chi connectivity index (χ0) is 17.6. The monoisotopic (exact) mass is 472 g/mol. The van der Waals surface area contributed by atoms with Gasteiger partial charge in [0.15, 0.2) is 0 Å². The maximum atomic E-state index is 11.6. The van der Waals surface area contributed by atoms with Gasteiger partial charge in [-0.3, -0.25) is 4.79 Å². The number of halogens is 3. The molecule has 0 aromatic carbocycles. The van der Waals surface area contributed by atoms with E-state index in [2.05, 4.69) is 52.6 Å². The molecule has 1 aliphatic carbocycles. The van der Waals surface area contributed by atoms with Crippen molar-refractivity contribution in [1.29, 1.82) is 0 Å². The lowest BCUT2D eigenvalue weighted by molar-refractivity contribution is -0.213. The second kappa shape index (κ2) is 6.77. The smallest absolute Gasteiger partial charge is 0.302 e. The Hall–Kier alpha value is 0.680. The molecule has 134 valence electrons. The molecule has 0 N–H and O–H groups in total. The summed E-state index contributed by atoms with van der Waals surface area (Å²) >= 11 is 14.1. The molecule has 0 amide bonds. The van der Waals surface area contributed by atoms with E-state index >= 15 is 0 Å². The quantitative estimate of drug-likeness (QED) is 0.408. The number of alkyl halides is 3. The van der Waals surface area contributed by atoms with E-state index in [1.165, 1.54) is 6.92 Å². The number of ether oxygens (including phenoxy) is 2. The molecule has 3 nitrogen and oxygen atoms in total. The molecule has 1 aliphatic heterocycles. The van der Waals surface area contributed by atoms with E-state index in [0.717, 1.165) is 19.3 Å². The van der Waals surface area contributed by atoms with Gasteiger partial charge in [-0.25, -0.2) is 0 Å². The minimum atomic E-state index is -0.422. The molecule has 0 radical (unpaired) electrons. The molecule has 2 rings (SSSR count). The first-order chi connectivity index (χ1) is 10.4. The highest BCUT2D eigenvalue weighted by molar-refractivity contribution is 9.09. The Bertz CT molecular complexity index is 469. The maximum Gasteiger partial charge on any atom is 0.302 e. The van der Waals surface area contributed by atoms with Crippen molar-refractivity contribution in [2.75, 3.05) is 0 Å². The van der Waals surface area contributed by atoms with Gasteiger partial charge >= 0.3 is 5.97 Å². The highest BCUT2D eigenvalue weighted by atomic mass is 79.9. The Balaban J connectivity index is 2.28. The molecule has 0 aromatic rings. The van der Waals surface area contributed by atoms with E-state index in [1.54, 1.807) is 0 Å². The van der Waals surface area contributed by atoms with E-state index < -0.39 is 4.87 Å². The van der Waals surface area contributed by atoms with Gasteiger partial charge in [-0.2, -0.15) is 0 Å². The van der Waals surface area contributed by atoms with Crippen LogP contribution in [-0.4, -0.2) is 37.8 Å². The Morgan fingerprint density at radius 2 is 1.83 bits per heavy atom. The lowest BCUT2D eigenvalue weighted by atomic mass is 9.69. The number of esters is 1. The van der Waals surface area contributed by atoms with Crippen LogP contribution in [0.15, 0.2) is 0 Å². The standard InChI is InChI=1S/C17H27Br2ClO3/c1-10(21)22-12-9-16(4,20)14(19)8-11(12)17(5)7-6-13(18)15(2,3)23-17/h11-14H,6-9H2,1-5H3/t11-,12+,13-,14+,16+,17+/m0/s1. The first-order valence-electron chi connectivity index (χ1n) is 8.22. The Morgan fingerprint density at radius 3 is 2.35 bits per heavy atom. The van der Waals surface area contributed by atoms with Crippen LogP contribution < -0.4 is 0 Å². The van der Waals surface area contributed by atoms with E-state index in [4.69, 9.17) is 21.1 Å². The second-order valence-corrected chi connectivity index (χ2v) is 11.0. The first kappa shape index (κ1) is 20.0. The van der Waals surface area contributed by atoms with Gasteiger partial charge in [0.05, 0.1) is 16.1 Å². The predicted octanol–water partition coefficient (Wildman–Crippen LogP) is 5.20. The van der Waals surface area contributed by atoms with Crippen molar-refractivity contribution in [2.45, 2.75) is 92.1 Å². The van der Waals surface area contributed by atoms with Crippen LogP contribution in [0.4, 0.5) is 0 Å². The predicted molar refractivity (Wildman–Crippen MR) is 101 cm³/mol. The summed E-state index contributed by atoms with van der Waals surface area (Å²) in [4.78, 5) is 11.7. The largest absolute Gasteiger partial charge is 0.462 e. The third-order valence-corrected chi connectivity index (χ3v) is 9.04. The Labute approximate surface area is 161 Å². The van der Waals surface area contributed by atoms with Crippen LogP contribution in [0.25, 0.3) is 0 Å². The molecule has 1 heterocycles. The fraction of sp³-hybridized carbons (Fsp3) is 0.941. The highest BCUT2D eigenvalue weighted by Gasteiger charge is 2.54. The van der Waals surface area contributed by atoms with E-state index in [9.17, 15) is 4.79 Å². The fourth-order valence-corrected chi connectivity index (χ4v) is 5.15. The van der Waals surface area contributed by atoms with Crippen molar-refractivity contribution in [3.63, 3.8) is 0 Å². The average Bonchev–Trinajstić information content (AvgIpc) is 2.37. The van der Waals surface area contributed by atoms with Gasteiger partial charge in [0, 0.05) is 28.9 Å². The van der Waals surface area contributed by atoms with Crippen molar-refractivity contribution in [1.82, 2.24) is 0 Å². The van der Waals surface area contributed by atoms with E-state index in [-0.39, 0.29) is 34.0 Å². The summed E-state index contributed by atoms with van der Waals surface area (Å²) in [5, 5.41) is 0. The molecule has 0 bridgehead atoms. The highest BCUT2D eigenvalue weighted by Crippen LogP contribution is 2.51. The number of rotatable bonds is 2. The van der Waals surface area contributed by atoms with Crippen LogP contribution in [0.5, 0.6) is 0 Å². The van der Waals surface area contributed by atoms with Crippen LogP contribution in [0.2, 0.25) is 0 Å². The van der Waals surface area contributed by atoms with Gasteiger partial charge < -0.3 is 9.47 Å². The van der Waals surface area contributed by atoms with Crippen molar-refractivity contribution < 1.29 is 14.3 Å². The topological polar surface area (TPSA) is 35.5 Å². The zero-order valence-electron chi connectivity index (χ0n) is 14.5. The lowest BCUT2D eigenvalue weighted by Crippen LogP contribution is -2.59. The van der Waals surface area contributed by atoms with Gasteiger partial charge in [-0.05, 0) is 47.0 Å². The Morgan fingerprint density at radius 1 is 1.22 bits per heavy atom. The van der Waals surface area contributed by atoms with Crippen molar-refractivity contribution >= 4 is 49.4 Å². The number of hydrogen-bond acceptors (Lipinski definition) is 3. The molecular weight excluding hydrogens is 447 g/mol. The number of carbonyl (C=O) groups is 1. The molecule has 2 fully saturated rings. The van der Waals surface area contributed by atoms with Crippen LogP contribution in [-0.2, 0) is 14.3 Å². The zero-order valence-corrected chi connectivity index (χ0v) is 18.4. The summed E-state index contributed by atoms with van der Waals surface area (Å²) in [6, 6.07) is 0. The fourth-order valence-electron chi connectivity index (χ4n) is 4.00. The minimum absolute atomic E-state index is 0.127. The normalized spacial score (nSPS) is 47.1. The molecule has 6 heteroatoms. The molecule has 1 saturated carbocycles. The molecule has 0 spiro atoms. The molecule has 23 heavy (non-hydrogen) atoms. The van der Waals surface area contributed by atoms with Gasteiger partial charge in [-0.1, -0.05) is 31.9 Å². The lowest BCUT2D eigenvalue weighted by Gasteiger charge is -2.54. The third kappa shape index (κ3) is 4.27. The SMILES string of the molecule is CC(=O)O[C@@H]1C[C@@](C)(Cl)[C@H](Br)C[C@@H]1[C@@]1(C)CC[C@H](Br)C(C)(C)O1. The Kier molecular flexibility index (Phi) is 5.89. The van der Waals surface area contributed by atoms with Crippen LogP contribution in [0.3, 0.4) is 0 Å². The summed E-state index contributed by atoms with van der Waals surface area (Å²) in [5.41, 5.74) is -0.579. The summed E-state index contributed by atoms with van der Waals surface area (Å²) < 4.78 is 12.2. The molecule has 2 aliphatic rings.